The van der Waals surface area contributed by atoms with Gasteiger partial charge in [0.25, 0.3) is 0 Å². The summed E-state index contributed by atoms with van der Waals surface area (Å²) in [6.07, 6.45) is 1.80. The van der Waals surface area contributed by atoms with Gasteiger partial charge in [-0.15, -0.1) is 0 Å². The van der Waals surface area contributed by atoms with Crippen molar-refractivity contribution in [3.05, 3.63) is 59.0 Å². The first-order valence-electron chi connectivity index (χ1n) is 7.45. The van der Waals surface area contributed by atoms with Gasteiger partial charge in [-0.05, 0) is 31.2 Å². The maximum atomic E-state index is 12.4. The lowest BCUT2D eigenvalue weighted by atomic mass is 10.2. The van der Waals surface area contributed by atoms with Crippen molar-refractivity contribution < 1.29 is 13.6 Å². The molecule has 23 heavy (non-hydrogen) atoms. The average molecular weight is 314 g/mol. The zero-order chi connectivity index (χ0) is 16.4. The van der Waals surface area contributed by atoms with E-state index in [1.54, 1.807) is 42.5 Å². The van der Waals surface area contributed by atoms with Crippen molar-refractivity contribution in [1.29, 1.82) is 0 Å². The van der Waals surface area contributed by atoms with Gasteiger partial charge in [-0.25, -0.2) is 4.79 Å². The minimum atomic E-state index is -0.444. The first-order chi connectivity index (χ1) is 11.1. The van der Waals surface area contributed by atoms with E-state index in [1.165, 1.54) is 4.57 Å². The summed E-state index contributed by atoms with van der Waals surface area (Å²) >= 11 is 0. The van der Waals surface area contributed by atoms with Gasteiger partial charge in [0.15, 0.2) is 5.58 Å². The first kappa shape index (κ1) is 15.1. The maximum Gasteiger partial charge on any atom is 0.419 e. The number of rotatable bonds is 5. The number of carbonyl (C=O) groups is 1. The van der Waals surface area contributed by atoms with E-state index in [4.69, 9.17) is 8.83 Å². The zero-order valence-electron chi connectivity index (χ0n) is 13.1. The van der Waals surface area contributed by atoms with E-state index in [0.29, 0.717) is 11.1 Å². The highest BCUT2D eigenvalue weighted by molar-refractivity contribution is 5.77. The Morgan fingerprint density at radius 2 is 2.04 bits per heavy atom. The molecule has 0 N–H and O–H groups in total. The molecule has 1 unspecified atom stereocenters. The molecule has 2 aromatic heterocycles. The Labute approximate surface area is 132 Å². The first-order valence-corrected chi connectivity index (χ1v) is 7.45. The largest absolute Gasteiger partial charge is 0.467 e. The van der Waals surface area contributed by atoms with Crippen molar-refractivity contribution in [2.24, 2.45) is 0 Å². The lowest BCUT2D eigenvalue weighted by Gasteiger charge is -2.23. The lowest BCUT2D eigenvalue weighted by Crippen LogP contribution is -2.30. The van der Waals surface area contributed by atoms with E-state index in [2.05, 4.69) is 0 Å². The Balaban J connectivity index is 1.71. The quantitative estimate of drug-likeness (QED) is 0.726. The minimum Gasteiger partial charge on any atom is -0.467 e. The molecule has 0 bridgehead atoms. The van der Waals surface area contributed by atoms with E-state index >= 15 is 0 Å². The molecule has 2 heterocycles. The molecule has 6 nitrogen and oxygen atoms in total. The number of furan rings is 1. The van der Waals surface area contributed by atoms with Gasteiger partial charge in [-0.1, -0.05) is 12.1 Å². The number of aromatic nitrogens is 1. The smallest absolute Gasteiger partial charge is 0.419 e. The summed E-state index contributed by atoms with van der Waals surface area (Å²) in [5.74, 6) is 0.221. The maximum absolute atomic E-state index is 12.4. The topological polar surface area (TPSA) is 68.6 Å². The highest BCUT2D eigenvalue weighted by Gasteiger charge is 2.20. The fourth-order valence-electron chi connectivity index (χ4n) is 2.55. The van der Waals surface area contributed by atoms with Crippen LogP contribution in [0.5, 0.6) is 0 Å². The number of hydrogen-bond acceptors (Lipinski definition) is 4. The Kier molecular flexibility index (Phi) is 4.06. The molecular formula is C17H18N2O4. The Morgan fingerprint density at radius 1 is 1.26 bits per heavy atom. The second kappa shape index (κ2) is 6.16. The fourth-order valence-corrected chi connectivity index (χ4v) is 2.55. The Morgan fingerprint density at radius 3 is 2.78 bits per heavy atom. The summed E-state index contributed by atoms with van der Waals surface area (Å²) < 4.78 is 12.0. The van der Waals surface area contributed by atoms with Gasteiger partial charge < -0.3 is 13.7 Å². The molecule has 1 amide bonds. The van der Waals surface area contributed by atoms with Crippen LogP contribution in [0.4, 0.5) is 0 Å². The van der Waals surface area contributed by atoms with Gasteiger partial charge in [-0.2, -0.15) is 0 Å². The van der Waals surface area contributed by atoms with Crippen LogP contribution < -0.4 is 5.76 Å². The predicted molar refractivity (Wildman–Crippen MR) is 85.0 cm³/mol. The number of hydrogen-bond donors (Lipinski definition) is 0. The monoisotopic (exact) mass is 314 g/mol. The SMILES string of the molecule is CC(c1ccco1)N(C)C(=O)CCn1c(=O)oc2ccccc21. The summed E-state index contributed by atoms with van der Waals surface area (Å²) in [6, 6.07) is 10.7. The lowest BCUT2D eigenvalue weighted by molar-refractivity contribution is -0.132. The molecule has 0 saturated carbocycles. The summed E-state index contributed by atoms with van der Waals surface area (Å²) in [7, 11) is 1.73. The van der Waals surface area contributed by atoms with Gasteiger partial charge >= 0.3 is 5.76 Å². The number of nitrogens with zero attached hydrogens (tertiary/aromatic N) is 2. The molecule has 1 atom stereocenters. The molecule has 6 heteroatoms. The molecular weight excluding hydrogens is 296 g/mol. The van der Waals surface area contributed by atoms with Gasteiger partial charge in [-0.3, -0.25) is 9.36 Å². The highest BCUT2D eigenvalue weighted by atomic mass is 16.4. The highest BCUT2D eigenvalue weighted by Crippen LogP contribution is 2.20. The molecule has 1 aromatic carbocycles. The van der Waals surface area contributed by atoms with Crippen LogP contribution in [-0.2, 0) is 11.3 Å². The van der Waals surface area contributed by atoms with Gasteiger partial charge in [0.2, 0.25) is 5.91 Å². The van der Waals surface area contributed by atoms with E-state index in [1.807, 2.05) is 19.1 Å². The van der Waals surface area contributed by atoms with Crippen LogP contribution in [0.15, 0.2) is 56.3 Å². The number of aryl methyl sites for hydroxylation is 1. The molecule has 0 aliphatic rings. The van der Waals surface area contributed by atoms with Crippen LogP contribution >= 0.6 is 0 Å². The third kappa shape index (κ3) is 2.92. The number of fused-ring (bicyclic) bond motifs is 1. The summed E-state index contributed by atoms with van der Waals surface area (Å²) in [6.45, 7) is 2.18. The molecule has 0 spiro atoms. The van der Waals surface area contributed by atoms with Crippen LogP contribution in [0.2, 0.25) is 0 Å². The number of carbonyl (C=O) groups excluding carboxylic acids is 1. The van der Waals surface area contributed by atoms with Crippen LogP contribution in [0.1, 0.15) is 25.1 Å². The predicted octanol–water partition coefficient (Wildman–Crippen LogP) is 2.80. The van der Waals surface area contributed by atoms with Gasteiger partial charge in [0, 0.05) is 20.0 Å². The van der Waals surface area contributed by atoms with Crippen LogP contribution in [-0.4, -0.2) is 22.4 Å². The van der Waals surface area contributed by atoms with Gasteiger partial charge in [0.05, 0.1) is 17.8 Å². The molecule has 0 aliphatic heterocycles. The minimum absolute atomic E-state index is 0.0638. The summed E-state index contributed by atoms with van der Waals surface area (Å²) in [5, 5.41) is 0. The van der Waals surface area contributed by atoms with Crippen molar-refractivity contribution in [3.8, 4) is 0 Å². The number of benzene rings is 1. The third-order valence-electron chi connectivity index (χ3n) is 4.05. The fraction of sp³-hybridized carbons (Fsp3) is 0.294. The van der Waals surface area contributed by atoms with E-state index < -0.39 is 5.76 Å². The van der Waals surface area contributed by atoms with E-state index in [-0.39, 0.29) is 24.9 Å². The number of amides is 1. The molecule has 3 rings (SSSR count). The van der Waals surface area contributed by atoms with Crippen molar-refractivity contribution in [2.45, 2.75) is 25.9 Å². The second-order valence-corrected chi connectivity index (χ2v) is 5.43. The van der Waals surface area contributed by atoms with Crippen LogP contribution in [0.25, 0.3) is 11.1 Å². The molecule has 0 saturated heterocycles. The normalized spacial score (nSPS) is 12.4. The molecule has 120 valence electrons. The molecule has 3 aromatic rings. The molecule has 0 fully saturated rings. The number of para-hydroxylation sites is 2. The summed E-state index contributed by atoms with van der Waals surface area (Å²) in [5.41, 5.74) is 1.23. The standard InChI is InChI=1S/C17H18N2O4/c1-12(14-8-5-11-22-14)18(2)16(20)9-10-19-13-6-3-4-7-15(13)23-17(19)21/h3-8,11-12H,9-10H2,1-2H3. The second-order valence-electron chi connectivity index (χ2n) is 5.43. The molecule has 0 radical (unpaired) electrons. The average Bonchev–Trinajstić information content (AvgIpc) is 3.18. The zero-order valence-corrected chi connectivity index (χ0v) is 13.1. The number of oxazole rings is 1. The van der Waals surface area contributed by atoms with Crippen molar-refractivity contribution >= 4 is 17.0 Å². The van der Waals surface area contributed by atoms with E-state index in [9.17, 15) is 9.59 Å². The van der Waals surface area contributed by atoms with Crippen molar-refractivity contribution in [3.63, 3.8) is 0 Å². The van der Waals surface area contributed by atoms with Crippen LogP contribution in [0.3, 0.4) is 0 Å². The molecule has 0 aliphatic carbocycles. The Hall–Kier alpha value is -2.76. The van der Waals surface area contributed by atoms with Crippen molar-refractivity contribution in [1.82, 2.24) is 9.47 Å². The Bertz CT molecular complexity index is 860. The van der Waals surface area contributed by atoms with Crippen molar-refractivity contribution in [2.75, 3.05) is 7.05 Å². The van der Waals surface area contributed by atoms with E-state index in [0.717, 1.165) is 5.76 Å². The summed E-state index contributed by atoms with van der Waals surface area (Å²) in [4.78, 5) is 25.9. The van der Waals surface area contributed by atoms with Crippen LogP contribution in [0, 0.1) is 0 Å². The third-order valence-corrected chi connectivity index (χ3v) is 4.05. The van der Waals surface area contributed by atoms with Gasteiger partial charge in [0.1, 0.15) is 5.76 Å².